The van der Waals surface area contributed by atoms with Crippen LogP contribution >= 0.6 is 11.8 Å². The van der Waals surface area contributed by atoms with Crippen molar-refractivity contribution in [3.63, 3.8) is 0 Å². The number of piperidine rings is 1. The molecule has 1 heterocycles. The molecule has 7 nitrogen and oxygen atoms in total. The Morgan fingerprint density at radius 3 is 2.31 bits per heavy atom. The van der Waals surface area contributed by atoms with Gasteiger partial charge in [0.05, 0.1) is 5.71 Å². The molecule has 1 saturated heterocycles. The molecule has 8 heteroatoms. The van der Waals surface area contributed by atoms with Crippen LogP contribution in [-0.4, -0.2) is 48.5 Å². The molecule has 2 N–H and O–H groups in total. The lowest BCUT2D eigenvalue weighted by Crippen LogP contribution is -2.41. The summed E-state index contributed by atoms with van der Waals surface area (Å²) in [5.41, 5.74) is 2.35. The van der Waals surface area contributed by atoms with Crippen molar-refractivity contribution in [1.82, 2.24) is 4.90 Å². The van der Waals surface area contributed by atoms with Crippen molar-refractivity contribution in [2.75, 3.05) is 36.6 Å². The lowest BCUT2D eigenvalue weighted by atomic mass is 10.1. The number of carbonyl (C=O) groups excluding carboxylic acids is 2. The Morgan fingerprint density at radius 2 is 1.66 bits per heavy atom. The zero-order valence-corrected chi connectivity index (χ0v) is 17.1. The van der Waals surface area contributed by atoms with Crippen LogP contribution in [0.1, 0.15) is 12.8 Å². The number of anilines is 2. The van der Waals surface area contributed by atoms with E-state index in [0.717, 1.165) is 22.0 Å². The highest BCUT2D eigenvalue weighted by atomic mass is 32.2. The van der Waals surface area contributed by atoms with E-state index in [1.165, 1.54) is 0 Å². The number of hydrogen-bond donors (Lipinski definition) is 2. The Hall–Kier alpha value is -3.00. The third-order valence-corrected chi connectivity index (χ3v) is 5.16. The number of nitrogens with one attached hydrogen (secondary N) is 2. The van der Waals surface area contributed by atoms with Gasteiger partial charge in [-0.25, -0.2) is 4.79 Å². The second-order valence-corrected chi connectivity index (χ2v) is 7.37. The maximum absolute atomic E-state index is 12.3. The predicted octanol–water partition coefficient (Wildman–Crippen LogP) is 4.05. The summed E-state index contributed by atoms with van der Waals surface area (Å²) in [5.74, 6) is -0.258. The van der Waals surface area contributed by atoms with Gasteiger partial charge in [0.25, 0.3) is 5.91 Å². The molecule has 0 unspecified atom stereocenters. The molecule has 2 aromatic carbocycles. The van der Waals surface area contributed by atoms with E-state index in [0.29, 0.717) is 25.9 Å². The normalized spacial score (nSPS) is 13.6. The Kier molecular flexibility index (Phi) is 7.52. The number of carbonyl (C=O) groups is 2. The second-order valence-electron chi connectivity index (χ2n) is 6.49. The minimum atomic E-state index is -0.258. The Bertz CT molecular complexity index is 846. The molecule has 3 amide bonds. The van der Waals surface area contributed by atoms with Gasteiger partial charge in [-0.05, 0) is 42.7 Å². The number of amides is 3. The van der Waals surface area contributed by atoms with Crippen LogP contribution in [-0.2, 0) is 9.63 Å². The summed E-state index contributed by atoms with van der Waals surface area (Å²) >= 11 is 1.64. The Labute approximate surface area is 174 Å². The van der Waals surface area contributed by atoms with E-state index in [2.05, 4.69) is 15.8 Å². The molecule has 0 spiro atoms. The summed E-state index contributed by atoms with van der Waals surface area (Å²) < 4.78 is 0. The number of likely N-dealkylation sites (tertiary alicyclic amines) is 1. The molecular weight excluding hydrogens is 388 g/mol. The molecule has 152 valence electrons. The molecule has 1 aliphatic rings. The van der Waals surface area contributed by atoms with Crippen LogP contribution in [0.2, 0.25) is 0 Å². The van der Waals surface area contributed by atoms with Crippen molar-refractivity contribution in [3.8, 4) is 0 Å². The van der Waals surface area contributed by atoms with E-state index in [9.17, 15) is 9.59 Å². The molecule has 0 aromatic heterocycles. The van der Waals surface area contributed by atoms with Gasteiger partial charge in [0, 0.05) is 42.2 Å². The number of benzene rings is 2. The first-order valence-corrected chi connectivity index (χ1v) is 10.6. The minimum absolute atomic E-state index is 0.122. The van der Waals surface area contributed by atoms with Crippen LogP contribution in [0.5, 0.6) is 0 Å². The van der Waals surface area contributed by atoms with Gasteiger partial charge in [-0.15, -0.1) is 11.8 Å². The molecule has 1 aliphatic heterocycles. The number of nitrogens with zero attached hydrogens (tertiary/aromatic N) is 2. The summed E-state index contributed by atoms with van der Waals surface area (Å²) in [6.45, 7) is 0.982. The van der Waals surface area contributed by atoms with Gasteiger partial charge < -0.3 is 20.4 Å². The van der Waals surface area contributed by atoms with Crippen LogP contribution in [0.3, 0.4) is 0 Å². The molecule has 0 bridgehead atoms. The summed E-state index contributed by atoms with van der Waals surface area (Å²) in [6.07, 6.45) is 3.25. The third-order valence-electron chi connectivity index (χ3n) is 4.42. The number of thioether (sulfide) groups is 1. The second kappa shape index (κ2) is 10.5. The van der Waals surface area contributed by atoms with Crippen LogP contribution in [0.4, 0.5) is 16.2 Å². The van der Waals surface area contributed by atoms with Crippen LogP contribution < -0.4 is 10.6 Å². The van der Waals surface area contributed by atoms with E-state index in [1.807, 2.05) is 60.9 Å². The van der Waals surface area contributed by atoms with Gasteiger partial charge in [-0.3, -0.25) is 4.79 Å². The smallest absolute Gasteiger partial charge is 0.321 e. The summed E-state index contributed by atoms with van der Waals surface area (Å²) in [4.78, 5) is 32.3. The predicted molar refractivity (Wildman–Crippen MR) is 117 cm³/mol. The molecular formula is C21H24N4O3S. The number of para-hydroxylation sites is 1. The average molecular weight is 413 g/mol. The SMILES string of the molecule is CSc1ccc(NC(=O)CON=C2CCN(C(=O)Nc3ccccc3)CC2)cc1. The number of urea groups is 1. The lowest BCUT2D eigenvalue weighted by Gasteiger charge is -2.27. The highest BCUT2D eigenvalue weighted by Gasteiger charge is 2.20. The van der Waals surface area contributed by atoms with Crippen LogP contribution in [0.25, 0.3) is 0 Å². The standard InChI is InChI=1S/C21H24N4O3S/c1-29-19-9-7-17(8-10-19)22-20(26)15-28-24-18-11-13-25(14-12-18)21(27)23-16-5-3-2-4-6-16/h2-10H,11-15H2,1H3,(H,22,26)(H,23,27). The first-order valence-electron chi connectivity index (χ1n) is 9.36. The Balaban J connectivity index is 1.38. The average Bonchev–Trinajstić information content (AvgIpc) is 2.75. The number of oxime groups is 1. The van der Waals surface area contributed by atoms with Gasteiger partial charge in [0.15, 0.2) is 6.61 Å². The van der Waals surface area contributed by atoms with Crippen LogP contribution in [0, 0.1) is 0 Å². The maximum atomic E-state index is 12.3. The fraction of sp³-hybridized carbons (Fsp3) is 0.286. The minimum Gasteiger partial charge on any atom is -0.386 e. The molecule has 0 aliphatic carbocycles. The van der Waals surface area contributed by atoms with Gasteiger partial charge in [0.2, 0.25) is 0 Å². The summed E-state index contributed by atoms with van der Waals surface area (Å²) in [6, 6.07) is 16.8. The zero-order chi connectivity index (χ0) is 20.5. The third kappa shape index (κ3) is 6.53. The first kappa shape index (κ1) is 20.7. The highest BCUT2D eigenvalue weighted by Crippen LogP contribution is 2.17. The molecule has 0 saturated carbocycles. The van der Waals surface area contributed by atoms with Crippen molar-refractivity contribution < 1.29 is 14.4 Å². The largest absolute Gasteiger partial charge is 0.386 e. The monoisotopic (exact) mass is 412 g/mol. The summed E-state index contributed by atoms with van der Waals surface area (Å²) in [5, 5.41) is 9.71. The number of rotatable bonds is 6. The topological polar surface area (TPSA) is 83.0 Å². The quantitative estimate of drug-likeness (QED) is 0.554. The maximum Gasteiger partial charge on any atom is 0.321 e. The van der Waals surface area contributed by atoms with E-state index < -0.39 is 0 Å². The summed E-state index contributed by atoms with van der Waals surface area (Å²) in [7, 11) is 0. The highest BCUT2D eigenvalue weighted by molar-refractivity contribution is 7.98. The molecule has 1 fully saturated rings. The van der Waals surface area contributed by atoms with Crippen molar-refractivity contribution in [2.24, 2.45) is 5.16 Å². The zero-order valence-electron chi connectivity index (χ0n) is 16.3. The van der Waals surface area contributed by atoms with Crippen LogP contribution in [0.15, 0.2) is 64.6 Å². The first-order chi connectivity index (χ1) is 14.1. The lowest BCUT2D eigenvalue weighted by molar-refractivity contribution is -0.120. The van der Waals surface area contributed by atoms with Gasteiger partial charge in [-0.1, -0.05) is 23.4 Å². The van der Waals surface area contributed by atoms with Crippen molar-refractivity contribution >= 4 is 40.8 Å². The van der Waals surface area contributed by atoms with E-state index >= 15 is 0 Å². The van der Waals surface area contributed by atoms with Gasteiger partial charge >= 0.3 is 6.03 Å². The van der Waals surface area contributed by atoms with Crippen molar-refractivity contribution in [3.05, 3.63) is 54.6 Å². The Morgan fingerprint density at radius 1 is 1.00 bits per heavy atom. The van der Waals surface area contributed by atoms with E-state index in [-0.39, 0.29) is 18.5 Å². The molecule has 2 aromatic rings. The van der Waals surface area contributed by atoms with E-state index in [1.54, 1.807) is 16.7 Å². The number of hydrogen-bond acceptors (Lipinski definition) is 5. The van der Waals surface area contributed by atoms with Crippen molar-refractivity contribution in [1.29, 1.82) is 0 Å². The fourth-order valence-electron chi connectivity index (χ4n) is 2.84. The molecule has 3 rings (SSSR count). The van der Waals surface area contributed by atoms with Crippen molar-refractivity contribution in [2.45, 2.75) is 17.7 Å². The fourth-order valence-corrected chi connectivity index (χ4v) is 3.25. The molecule has 0 atom stereocenters. The van der Waals surface area contributed by atoms with Gasteiger partial charge in [-0.2, -0.15) is 0 Å². The van der Waals surface area contributed by atoms with Gasteiger partial charge in [0.1, 0.15) is 0 Å². The molecule has 29 heavy (non-hydrogen) atoms. The van der Waals surface area contributed by atoms with E-state index in [4.69, 9.17) is 4.84 Å². The molecule has 0 radical (unpaired) electrons.